The SMILES string of the molecule is O=C(OSc1ccccc1)c1ccc(C(F)(F)F)cc1. The number of benzene rings is 2. The zero-order valence-electron chi connectivity index (χ0n) is 10.1. The molecule has 0 spiro atoms. The summed E-state index contributed by atoms with van der Waals surface area (Å²) >= 11 is 0.861. The molecule has 0 aromatic heterocycles. The maximum absolute atomic E-state index is 12.4. The van der Waals surface area contributed by atoms with Crippen LogP contribution in [0, 0.1) is 0 Å². The number of carbonyl (C=O) groups excluding carboxylic acids is 1. The molecule has 104 valence electrons. The molecule has 20 heavy (non-hydrogen) atoms. The third-order valence-electron chi connectivity index (χ3n) is 2.40. The molecular weight excluding hydrogens is 289 g/mol. The molecule has 0 aliphatic rings. The average molecular weight is 298 g/mol. The van der Waals surface area contributed by atoms with Crippen molar-refractivity contribution in [2.24, 2.45) is 0 Å². The lowest BCUT2D eigenvalue weighted by molar-refractivity contribution is -0.137. The van der Waals surface area contributed by atoms with Crippen molar-refractivity contribution in [2.75, 3.05) is 0 Å². The quantitative estimate of drug-likeness (QED) is 0.776. The number of hydrogen-bond acceptors (Lipinski definition) is 3. The third kappa shape index (κ3) is 3.77. The van der Waals surface area contributed by atoms with Gasteiger partial charge in [0.05, 0.1) is 23.2 Å². The fourth-order valence-corrected chi connectivity index (χ4v) is 1.94. The van der Waals surface area contributed by atoms with Crippen LogP contribution in [0.1, 0.15) is 15.9 Å². The van der Waals surface area contributed by atoms with Crippen LogP contribution in [0.4, 0.5) is 13.2 Å². The van der Waals surface area contributed by atoms with Gasteiger partial charge in [0.1, 0.15) is 0 Å². The lowest BCUT2D eigenvalue weighted by Gasteiger charge is -2.07. The van der Waals surface area contributed by atoms with Gasteiger partial charge < -0.3 is 4.18 Å². The lowest BCUT2D eigenvalue weighted by Crippen LogP contribution is -2.06. The highest BCUT2D eigenvalue weighted by Gasteiger charge is 2.30. The van der Waals surface area contributed by atoms with E-state index in [9.17, 15) is 18.0 Å². The molecule has 0 unspecified atom stereocenters. The maximum Gasteiger partial charge on any atom is 0.416 e. The van der Waals surface area contributed by atoms with E-state index in [1.54, 1.807) is 24.3 Å². The van der Waals surface area contributed by atoms with Crippen molar-refractivity contribution in [3.8, 4) is 0 Å². The predicted molar refractivity (Wildman–Crippen MR) is 69.2 cm³/mol. The number of carbonyl (C=O) groups is 1. The Bertz CT molecular complexity index is 580. The van der Waals surface area contributed by atoms with Gasteiger partial charge in [-0.3, -0.25) is 0 Å². The molecule has 0 aliphatic carbocycles. The summed E-state index contributed by atoms with van der Waals surface area (Å²) in [4.78, 5) is 12.4. The first kappa shape index (κ1) is 14.5. The van der Waals surface area contributed by atoms with Crippen molar-refractivity contribution in [3.63, 3.8) is 0 Å². The van der Waals surface area contributed by atoms with E-state index in [4.69, 9.17) is 4.18 Å². The van der Waals surface area contributed by atoms with Crippen LogP contribution in [-0.2, 0) is 10.4 Å². The molecule has 0 N–H and O–H groups in total. The van der Waals surface area contributed by atoms with Crippen molar-refractivity contribution in [1.82, 2.24) is 0 Å². The molecule has 0 fully saturated rings. The Hall–Kier alpha value is -1.95. The predicted octanol–water partition coefficient (Wildman–Crippen LogP) is 4.57. The topological polar surface area (TPSA) is 26.3 Å². The van der Waals surface area contributed by atoms with Crippen LogP contribution in [0.3, 0.4) is 0 Å². The molecule has 0 saturated carbocycles. The number of alkyl halides is 3. The zero-order chi connectivity index (χ0) is 14.6. The van der Waals surface area contributed by atoms with E-state index in [1.807, 2.05) is 6.07 Å². The number of hydrogen-bond donors (Lipinski definition) is 0. The molecule has 0 bridgehead atoms. The van der Waals surface area contributed by atoms with Crippen LogP contribution in [0.2, 0.25) is 0 Å². The molecule has 0 amide bonds. The highest BCUT2D eigenvalue weighted by atomic mass is 32.2. The van der Waals surface area contributed by atoms with Crippen LogP contribution in [-0.4, -0.2) is 5.97 Å². The van der Waals surface area contributed by atoms with Gasteiger partial charge in [-0.2, -0.15) is 13.2 Å². The minimum absolute atomic E-state index is 0.0708. The fraction of sp³-hybridized carbons (Fsp3) is 0.0714. The fourth-order valence-electron chi connectivity index (χ4n) is 1.41. The monoisotopic (exact) mass is 298 g/mol. The smallest absolute Gasteiger partial charge is 0.382 e. The zero-order valence-corrected chi connectivity index (χ0v) is 10.9. The van der Waals surface area contributed by atoms with E-state index < -0.39 is 17.7 Å². The minimum atomic E-state index is -4.42. The summed E-state index contributed by atoms with van der Waals surface area (Å²) in [6, 6.07) is 12.8. The molecule has 0 atom stereocenters. The first-order chi connectivity index (χ1) is 9.47. The van der Waals surface area contributed by atoms with Gasteiger partial charge in [-0.05, 0) is 36.4 Å². The Labute approximate surface area is 117 Å². The summed E-state index contributed by atoms with van der Waals surface area (Å²) in [7, 11) is 0. The normalized spacial score (nSPS) is 11.2. The Morgan fingerprint density at radius 3 is 2.10 bits per heavy atom. The molecule has 6 heteroatoms. The van der Waals surface area contributed by atoms with E-state index in [0.717, 1.165) is 41.2 Å². The Morgan fingerprint density at radius 1 is 0.950 bits per heavy atom. The summed E-state index contributed by atoms with van der Waals surface area (Å²) in [5, 5.41) is 0. The molecule has 0 heterocycles. The van der Waals surface area contributed by atoms with Gasteiger partial charge in [0.25, 0.3) is 0 Å². The summed E-state index contributed by atoms with van der Waals surface area (Å²) < 4.78 is 42.0. The van der Waals surface area contributed by atoms with Crippen molar-refractivity contribution in [1.29, 1.82) is 0 Å². The molecule has 2 rings (SSSR count). The van der Waals surface area contributed by atoms with Crippen LogP contribution in [0.25, 0.3) is 0 Å². The van der Waals surface area contributed by atoms with Crippen LogP contribution < -0.4 is 0 Å². The lowest BCUT2D eigenvalue weighted by atomic mass is 10.1. The van der Waals surface area contributed by atoms with Gasteiger partial charge in [0.15, 0.2) is 0 Å². The second-order valence-corrected chi connectivity index (χ2v) is 4.65. The van der Waals surface area contributed by atoms with E-state index in [1.165, 1.54) is 0 Å². The largest absolute Gasteiger partial charge is 0.416 e. The minimum Gasteiger partial charge on any atom is -0.382 e. The van der Waals surface area contributed by atoms with Gasteiger partial charge in [-0.1, -0.05) is 18.2 Å². The highest BCUT2D eigenvalue weighted by Crippen LogP contribution is 2.29. The van der Waals surface area contributed by atoms with Gasteiger partial charge in [-0.25, -0.2) is 4.79 Å². The van der Waals surface area contributed by atoms with Crippen molar-refractivity contribution < 1.29 is 22.1 Å². The van der Waals surface area contributed by atoms with E-state index in [0.29, 0.717) is 0 Å². The average Bonchev–Trinajstić information content (AvgIpc) is 2.45. The maximum atomic E-state index is 12.4. The van der Waals surface area contributed by atoms with Gasteiger partial charge in [0, 0.05) is 4.90 Å². The molecular formula is C14H9F3O2S. The Kier molecular flexibility index (Phi) is 4.34. The molecule has 0 aliphatic heterocycles. The second kappa shape index (κ2) is 6.00. The van der Waals surface area contributed by atoms with Crippen molar-refractivity contribution in [3.05, 3.63) is 65.7 Å². The Balaban J connectivity index is 1.99. The van der Waals surface area contributed by atoms with Crippen LogP contribution in [0.5, 0.6) is 0 Å². The first-order valence-electron chi connectivity index (χ1n) is 5.58. The molecule has 0 radical (unpaired) electrons. The summed E-state index contributed by atoms with van der Waals surface area (Å²) in [6.07, 6.45) is -4.42. The van der Waals surface area contributed by atoms with E-state index in [-0.39, 0.29) is 5.56 Å². The van der Waals surface area contributed by atoms with Crippen LogP contribution >= 0.6 is 12.0 Å². The summed E-state index contributed by atoms with van der Waals surface area (Å²) in [5.74, 6) is -0.687. The first-order valence-corrected chi connectivity index (χ1v) is 6.32. The second-order valence-electron chi connectivity index (χ2n) is 3.84. The molecule has 2 aromatic rings. The molecule has 2 nitrogen and oxygen atoms in total. The Morgan fingerprint density at radius 2 is 1.55 bits per heavy atom. The van der Waals surface area contributed by atoms with Crippen molar-refractivity contribution >= 4 is 18.0 Å². The van der Waals surface area contributed by atoms with E-state index in [2.05, 4.69) is 0 Å². The highest BCUT2D eigenvalue weighted by molar-refractivity contribution is 7.95. The summed E-state index contributed by atoms with van der Waals surface area (Å²) in [6.45, 7) is 0. The third-order valence-corrected chi connectivity index (χ3v) is 3.10. The number of rotatable bonds is 3. The van der Waals surface area contributed by atoms with Gasteiger partial charge in [-0.15, -0.1) is 0 Å². The van der Waals surface area contributed by atoms with Crippen molar-refractivity contribution in [2.45, 2.75) is 11.1 Å². The van der Waals surface area contributed by atoms with Crippen LogP contribution in [0.15, 0.2) is 59.5 Å². The van der Waals surface area contributed by atoms with Gasteiger partial charge in [0.2, 0.25) is 0 Å². The number of halogens is 3. The van der Waals surface area contributed by atoms with E-state index >= 15 is 0 Å². The summed E-state index contributed by atoms with van der Waals surface area (Å²) in [5.41, 5.74) is -0.730. The molecule has 2 aromatic carbocycles. The molecule has 0 saturated heterocycles. The standard InChI is InChI=1S/C14H9F3O2S/c15-14(16,17)11-8-6-10(7-9-11)13(18)19-20-12-4-2-1-3-5-12/h1-9H. The van der Waals surface area contributed by atoms with Gasteiger partial charge >= 0.3 is 12.1 Å².